The topological polar surface area (TPSA) is 29.3 Å². The van der Waals surface area contributed by atoms with Gasteiger partial charge in [0.05, 0.1) is 0 Å². The molecule has 2 nitrogen and oxygen atoms in total. The zero-order valence-electron chi connectivity index (χ0n) is 8.33. The Kier molecular flexibility index (Phi) is 2.66. The van der Waals surface area contributed by atoms with E-state index in [2.05, 4.69) is 17.9 Å². The highest BCUT2D eigenvalue weighted by atomic mass is 35.5. The van der Waals surface area contributed by atoms with E-state index in [1.807, 2.05) is 12.1 Å². The summed E-state index contributed by atoms with van der Waals surface area (Å²) in [5, 5.41) is 0.884. The van der Waals surface area contributed by atoms with E-state index >= 15 is 0 Å². The van der Waals surface area contributed by atoms with Gasteiger partial charge in [0.25, 0.3) is 0 Å². The molecule has 2 N–H and O–H groups in total. The van der Waals surface area contributed by atoms with Crippen LogP contribution in [-0.2, 0) is 0 Å². The summed E-state index contributed by atoms with van der Waals surface area (Å²) in [7, 11) is 0. The summed E-state index contributed by atoms with van der Waals surface area (Å²) in [4.78, 5) is 2.31. The van der Waals surface area contributed by atoms with Crippen LogP contribution in [0.1, 0.15) is 18.4 Å². The Morgan fingerprint density at radius 2 is 2.36 bits per heavy atom. The monoisotopic (exact) mass is 210 g/mol. The SMILES string of the molecule is CC1CN(CCN)c2cccc(Cl)c21. The van der Waals surface area contributed by atoms with Gasteiger partial charge in [0, 0.05) is 36.3 Å². The maximum absolute atomic E-state index is 6.17. The van der Waals surface area contributed by atoms with Crippen molar-refractivity contribution < 1.29 is 0 Å². The molecule has 0 saturated carbocycles. The van der Waals surface area contributed by atoms with Gasteiger partial charge in [-0.25, -0.2) is 0 Å². The van der Waals surface area contributed by atoms with Crippen LogP contribution in [0.15, 0.2) is 18.2 Å². The van der Waals surface area contributed by atoms with Crippen molar-refractivity contribution in [2.45, 2.75) is 12.8 Å². The van der Waals surface area contributed by atoms with Gasteiger partial charge in [-0.05, 0) is 17.7 Å². The number of hydrogen-bond acceptors (Lipinski definition) is 2. The summed E-state index contributed by atoms with van der Waals surface area (Å²) in [5.74, 6) is 0.519. The van der Waals surface area contributed by atoms with Gasteiger partial charge < -0.3 is 10.6 Å². The maximum atomic E-state index is 6.17. The minimum absolute atomic E-state index is 0.519. The van der Waals surface area contributed by atoms with E-state index in [1.54, 1.807) is 0 Å². The summed E-state index contributed by atoms with van der Waals surface area (Å²) in [5.41, 5.74) is 8.11. The van der Waals surface area contributed by atoms with Crippen LogP contribution in [0.4, 0.5) is 5.69 Å². The Morgan fingerprint density at radius 1 is 1.57 bits per heavy atom. The molecule has 3 heteroatoms. The van der Waals surface area contributed by atoms with Crippen molar-refractivity contribution in [3.8, 4) is 0 Å². The third kappa shape index (κ3) is 1.49. The Labute approximate surface area is 89.7 Å². The summed E-state index contributed by atoms with van der Waals surface area (Å²) in [6, 6.07) is 6.09. The highest BCUT2D eigenvalue weighted by molar-refractivity contribution is 6.32. The van der Waals surface area contributed by atoms with Gasteiger partial charge in [-0.2, -0.15) is 0 Å². The minimum Gasteiger partial charge on any atom is -0.369 e. The molecule has 0 saturated heterocycles. The number of rotatable bonds is 2. The molecule has 1 aliphatic heterocycles. The van der Waals surface area contributed by atoms with Crippen molar-refractivity contribution in [3.63, 3.8) is 0 Å². The summed E-state index contributed by atoms with van der Waals surface area (Å²) in [6.07, 6.45) is 0. The van der Waals surface area contributed by atoms with Crippen LogP contribution in [-0.4, -0.2) is 19.6 Å². The first kappa shape index (κ1) is 9.81. The predicted molar refractivity (Wildman–Crippen MR) is 61.1 cm³/mol. The molecular formula is C11H15ClN2. The van der Waals surface area contributed by atoms with E-state index in [0.29, 0.717) is 12.5 Å². The molecule has 0 amide bonds. The van der Waals surface area contributed by atoms with Gasteiger partial charge in [0.1, 0.15) is 0 Å². The normalized spacial score (nSPS) is 19.9. The first-order chi connectivity index (χ1) is 6.74. The molecule has 1 aliphatic rings. The van der Waals surface area contributed by atoms with E-state index in [1.165, 1.54) is 11.3 Å². The Bertz CT molecular complexity index is 338. The third-order valence-corrected chi connectivity index (χ3v) is 3.09. The molecule has 1 heterocycles. The summed E-state index contributed by atoms with van der Waals surface area (Å²) >= 11 is 6.17. The predicted octanol–water partition coefficient (Wildman–Crippen LogP) is 2.22. The first-order valence-electron chi connectivity index (χ1n) is 4.97. The molecule has 2 rings (SSSR count). The van der Waals surface area contributed by atoms with Gasteiger partial charge in [0.15, 0.2) is 0 Å². The van der Waals surface area contributed by atoms with E-state index in [4.69, 9.17) is 17.3 Å². The molecule has 0 fully saturated rings. The van der Waals surface area contributed by atoms with Crippen molar-refractivity contribution in [2.24, 2.45) is 5.73 Å². The van der Waals surface area contributed by atoms with Crippen LogP contribution in [0.3, 0.4) is 0 Å². The lowest BCUT2D eigenvalue weighted by Gasteiger charge is -2.18. The number of nitrogens with two attached hydrogens (primary N) is 1. The zero-order chi connectivity index (χ0) is 10.1. The molecule has 0 bridgehead atoms. The molecule has 14 heavy (non-hydrogen) atoms. The second-order valence-corrected chi connectivity index (χ2v) is 4.22. The van der Waals surface area contributed by atoms with Crippen LogP contribution in [0.25, 0.3) is 0 Å². The smallest absolute Gasteiger partial charge is 0.0462 e. The number of anilines is 1. The number of fused-ring (bicyclic) bond motifs is 1. The molecule has 1 atom stereocenters. The van der Waals surface area contributed by atoms with Crippen molar-refractivity contribution >= 4 is 17.3 Å². The van der Waals surface area contributed by atoms with Gasteiger partial charge in [-0.1, -0.05) is 24.6 Å². The van der Waals surface area contributed by atoms with E-state index in [9.17, 15) is 0 Å². The molecule has 0 spiro atoms. The Balaban J connectivity index is 2.39. The highest BCUT2D eigenvalue weighted by Gasteiger charge is 2.26. The molecule has 76 valence electrons. The van der Waals surface area contributed by atoms with Gasteiger partial charge in [0.2, 0.25) is 0 Å². The zero-order valence-corrected chi connectivity index (χ0v) is 9.09. The molecule has 0 radical (unpaired) electrons. The largest absolute Gasteiger partial charge is 0.369 e. The molecule has 1 aromatic rings. The Hall–Kier alpha value is -0.730. The molecule has 1 aromatic carbocycles. The number of hydrogen-bond donors (Lipinski definition) is 1. The van der Waals surface area contributed by atoms with Crippen molar-refractivity contribution in [1.82, 2.24) is 0 Å². The average Bonchev–Trinajstić information content (AvgIpc) is 2.46. The fourth-order valence-electron chi connectivity index (χ4n) is 2.18. The number of benzene rings is 1. The van der Waals surface area contributed by atoms with Crippen LogP contribution in [0, 0.1) is 0 Å². The van der Waals surface area contributed by atoms with Crippen LogP contribution in [0.2, 0.25) is 5.02 Å². The second-order valence-electron chi connectivity index (χ2n) is 3.81. The van der Waals surface area contributed by atoms with E-state index in [0.717, 1.165) is 18.1 Å². The van der Waals surface area contributed by atoms with Gasteiger partial charge in [-0.15, -0.1) is 0 Å². The lowest BCUT2D eigenvalue weighted by Crippen LogP contribution is -2.27. The third-order valence-electron chi connectivity index (χ3n) is 2.76. The summed E-state index contributed by atoms with van der Waals surface area (Å²) in [6.45, 7) is 4.86. The lowest BCUT2D eigenvalue weighted by atomic mass is 10.0. The number of halogens is 1. The van der Waals surface area contributed by atoms with Crippen LogP contribution in [0.5, 0.6) is 0 Å². The van der Waals surface area contributed by atoms with Crippen LogP contribution < -0.4 is 10.6 Å². The van der Waals surface area contributed by atoms with E-state index < -0.39 is 0 Å². The standard InChI is InChI=1S/C11H15ClN2/c1-8-7-14(6-5-13)10-4-2-3-9(12)11(8)10/h2-4,8H,5-7,13H2,1H3. The van der Waals surface area contributed by atoms with Crippen molar-refractivity contribution in [2.75, 3.05) is 24.5 Å². The molecule has 0 aromatic heterocycles. The molecule has 0 aliphatic carbocycles. The van der Waals surface area contributed by atoms with Gasteiger partial charge in [-0.3, -0.25) is 0 Å². The molecular weight excluding hydrogens is 196 g/mol. The lowest BCUT2D eigenvalue weighted by molar-refractivity contribution is 0.744. The fourth-order valence-corrected chi connectivity index (χ4v) is 2.53. The highest BCUT2D eigenvalue weighted by Crippen LogP contribution is 2.39. The number of nitrogens with zero attached hydrogens (tertiary/aromatic N) is 1. The quantitative estimate of drug-likeness (QED) is 0.811. The van der Waals surface area contributed by atoms with Crippen molar-refractivity contribution in [1.29, 1.82) is 0 Å². The first-order valence-corrected chi connectivity index (χ1v) is 5.35. The summed E-state index contributed by atoms with van der Waals surface area (Å²) < 4.78 is 0. The van der Waals surface area contributed by atoms with Gasteiger partial charge >= 0.3 is 0 Å². The molecule has 1 unspecified atom stereocenters. The van der Waals surface area contributed by atoms with Crippen molar-refractivity contribution in [3.05, 3.63) is 28.8 Å². The minimum atomic E-state index is 0.519. The average molecular weight is 211 g/mol. The van der Waals surface area contributed by atoms with E-state index in [-0.39, 0.29) is 0 Å². The van der Waals surface area contributed by atoms with Crippen LogP contribution >= 0.6 is 11.6 Å². The Morgan fingerprint density at radius 3 is 3.07 bits per heavy atom. The maximum Gasteiger partial charge on any atom is 0.0462 e. The fraction of sp³-hybridized carbons (Fsp3) is 0.455. The second kappa shape index (κ2) is 3.79.